The SMILES string of the molecule is [2H]c1c([2H])c([2H])c2c(-c3ccc(-c4cccc5oc6cc7ccccc7cc6c45)cc3)c3c([2H])c([2H])c([2H])c([2H])c3c(-c3ccccc3)c2c1[2H]. The Hall–Kier alpha value is -5.66. The summed E-state index contributed by atoms with van der Waals surface area (Å²) >= 11 is 0. The largest absolute Gasteiger partial charge is 0.456 e. The summed E-state index contributed by atoms with van der Waals surface area (Å²) in [5.41, 5.74) is 5.17. The van der Waals surface area contributed by atoms with Gasteiger partial charge < -0.3 is 4.42 Å². The lowest BCUT2D eigenvalue weighted by Gasteiger charge is -2.18. The Morgan fingerprint density at radius 1 is 0.419 bits per heavy atom. The van der Waals surface area contributed by atoms with Crippen molar-refractivity contribution in [3.8, 4) is 33.4 Å². The van der Waals surface area contributed by atoms with Crippen molar-refractivity contribution in [3.63, 3.8) is 0 Å². The molecule has 9 rings (SSSR count). The minimum atomic E-state index is -0.421. The lowest BCUT2D eigenvalue weighted by molar-refractivity contribution is 0.669. The number of hydrogen-bond acceptors (Lipinski definition) is 1. The number of fused-ring (bicyclic) bond motifs is 6. The van der Waals surface area contributed by atoms with Crippen LogP contribution in [0.15, 0.2) is 162 Å². The molecule has 0 radical (unpaired) electrons. The van der Waals surface area contributed by atoms with Crippen LogP contribution < -0.4 is 0 Å². The van der Waals surface area contributed by atoms with Crippen molar-refractivity contribution in [1.29, 1.82) is 0 Å². The third-order valence-electron chi connectivity index (χ3n) is 8.29. The van der Waals surface area contributed by atoms with Crippen LogP contribution in [-0.4, -0.2) is 0 Å². The Balaban J connectivity index is 1.37. The summed E-state index contributed by atoms with van der Waals surface area (Å²) in [6.07, 6.45) is 0. The van der Waals surface area contributed by atoms with E-state index in [2.05, 4.69) is 24.3 Å². The summed E-state index contributed by atoms with van der Waals surface area (Å²) in [6, 6.07) is 32.0. The molecule has 0 fully saturated rings. The number of hydrogen-bond donors (Lipinski definition) is 0. The maximum atomic E-state index is 9.16. The summed E-state index contributed by atoms with van der Waals surface area (Å²) in [6.45, 7) is 0. The molecule has 43 heavy (non-hydrogen) atoms. The molecule has 8 aromatic carbocycles. The molecule has 9 aromatic rings. The van der Waals surface area contributed by atoms with Crippen molar-refractivity contribution in [3.05, 3.63) is 158 Å². The first-order chi connectivity index (χ1) is 24.7. The Morgan fingerprint density at radius 3 is 1.58 bits per heavy atom. The molecule has 0 spiro atoms. The first-order valence-electron chi connectivity index (χ1n) is 18.1. The van der Waals surface area contributed by atoms with Crippen LogP contribution in [0.5, 0.6) is 0 Å². The predicted octanol–water partition coefficient (Wildman–Crippen LogP) is 12.0. The fraction of sp³-hybridized carbons (Fsp3) is 0. The van der Waals surface area contributed by atoms with Crippen molar-refractivity contribution < 1.29 is 15.4 Å². The van der Waals surface area contributed by atoms with E-state index in [9.17, 15) is 0 Å². The Kier molecular flexibility index (Phi) is 3.80. The topological polar surface area (TPSA) is 13.1 Å². The molecular formula is C42H26O. The molecule has 1 heteroatoms. The fourth-order valence-corrected chi connectivity index (χ4v) is 6.38. The van der Waals surface area contributed by atoms with E-state index in [1.807, 2.05) is 60.7 Å². The predicted molar refractivity (Wildman–Crippen MR) is 183 cm³/mol. The van der Waals surface area contributed by atoms with Gasteiger partial charge in [0, 0.05) is 10.8 Å². The summed E-state index contributed by atoms with van der Waals surface area (Å²) in [5.74, 6) is 0. The zero-order valence-electron chi connectivity index (χ0n) is 30.8. The molecule has 200 valence electrons. The minimum absolute atomic E-state index is 0.194. The average Bonchev–Trinajstić information content (AvgIpc) is 3.53. The second kappa shape index (κ2) is 9.44. The lowest BCUT2D eigenvalue weighted by atomic mass is 9.85. The molecule has 0 saturated heterocycles. The van der Waals surface area contributed by atoms with Gasteiger partial charge in [-0.25, -0.2) is 0 Å². The summed E-state index contributed by atoms with van der Waals surface area (Å²) in [7, 11) is 0. The van der Waals surface area contributed by atoms with E-state index in [1.165, 1.54) is 0 Å². The summed E-state index contributed by atoms with van der Waals surface area (Å²) in [4.78, 5) is 0. The van der Waals surface area contributed by atoms with Crippen molar-refractivity contribution in [2.45, 2.75) is 0 Å². The maximum Gasteiger partial charge on any atom is 0.136 e. The van der Waals surface area contributed by atoms with E-state index in [4.69, 9.17) is 15.4 Å². The van der Waals surface area contributed by atoms with Crippen LogP contribution in [0, 0.1) is 0 Å². The smallest absolute Gasteiger partial charge is 0.136 e. The average molecular weight is 555 g/mol. The third kappa shape index (κ3) is 3.72. The number of furan rings is 1. The van der Waals surface area contributed by atoms with Gasteiger partial charge in [0.05, 0.1) is 11.0 Å². The molecule has 1 heterocycles. The molecule has 0 N–H and O–H groups in total. The van der Waals surface area contributed by atoms with Crippen LogP contribution in [0.4, 0.5) is 0 Å². The minimum Gasteiger partial charge on any atom is -0.456 e. The Labute approximate surface area is 260 Å². The summed E-state index contributed by atoms with van der Waals surface area (Å²) < 4.78 is 77.3. The van der Waals surface area contributed by atoms with Gasteiger partial charge in [0.25, 0.3) is 0 Å². The molecule has 1 nitrogen and oxygen atoms in total. The molecule has 0 atom stereocenters. The molecule has 0 saturated carbocycles. The fourth-order valence-electron chi connectivity index (χ4n) is 6.38. The lowest BCUT2D eigenvalue weighted by Crippen LogP contribution is -1.90. The van der Waals surface area contributed by atoms with Gasteiger partial charge in [-0.2, -0.15) is 0 Å². The Morgan fingerprint density at radius 2 is 0.953 bits per heavy atom. The monoisotopic (exact) mass is 554 g/mol. The van der Waals surface area contributed by atoms with Crippen LogP contribution in [0.25, 0.3) is 87.6 Å². The molecule has 1 aromatic heterocycles. The van der Waals surface area contributed by atoms with E-state index >= 15 is 0 Å². The molecule has 0 aliphatic rings. The molecule has 0 amide bonds. The molecule has 0 aliphatic carbocycles. The van der Waals surface area contributed by atoms with Crippen LogP contribution in [0.2, 0.25) is 0 Å². The number of benzene rings is 8. The van der Waals surface area contributed by atoms with E-state index < -0.39 is 24.2 Å². The first kappa shape index (κ1) is 17.3. The summed E-state index contributed by atoms with van der Waals surface area (Å²) in [5, 5.41) is 4.94. The van der Waals surface area contributed by atoms with Crippen molar-refractivity contribution in [2.24, 2.45) is 0 Å². The van der Waals surface area contributed by atoms with Gasteiger partial charge in [0.15, 0.2) is 0 Å². The van der Waals surface area contributed by atoms with Crippen molar-refractivity contribution in [1.82, 2.24) is 0 Å². The van der Waals surface area contributed by atoms with Gasteiger partial charge in [0.2, 0.25) is 0 Å². The van der Waals surface area contributed by atoms with E-state index in [0.29, 0.717) is 22.3 Å². The molecule has 0 aliphatic heterocycles. The molecule has 0 unspecified atom stereocenters. The Bertz CT molecular complexity index is 2850. The molecule has 0 bridgehead atoms. The highest BCUT2D eigenvalue weighted by molar-refractivity contribution is 6.21. The van der Waals surface area contributed by atoms with Gasteiger partial charge in [-0.15, -0.1) is 0 Å². The van der Waals surface area contributed by atoms with E-state index in [0.717, 1.165) is 43.8 Å². The van der Waals surface area contributed by atoms with Gasteiger partial charge in [-0.3, -0.25) is 0 Å². The van der Waals surface area contributed by atoms with Crippen LogP contribution in [-0.2, 0) is 0 Å². The maximum absolute atomic E-state index is 9.16. The van der Waals surface area contributed by atoms with Crippen LogP contribution in [0.3, 0.4) is 0 Å². The highest BCUT2D eigenvalue weighted by Crippen LogP contribution is 2.44. The first-order valence-corrected chi connectivity index (χ1v) is 14.1. The van der Waals surface area contributed by atoms with Crippen LogP contribution in [0.1, 0.15) is 11.0 Å². The van der Waals surface area contributed by atoms with E-state index in [-0.39, 0.29) is 45.7 Å². The van der Waals surface area contributed by atoms with Gasteiger partial charge >= 0.3 is 0 Å². The second-order valence-corrected chi connectivity index (χ2v) is 10.7. The zero-order chi connectivity index (χ0) is 35.3. The van der Waals surface area contributed by atoms with Gasteiger partial charge in [-0.1, -0.05) is 139 Å². The van der Waals surface area contributed by atoms with Crippen molar-refractivity contribution >= 4 is 54.3 Å². The third-order valence-corrected chi connectivity index (χ3v) is 8.29. The standard InChI is InChI=1S/C42H26O/c1-2-11-28(12-3-1)40-33-15-6-8-17-35(33)41(36-18-9-7-16-34(36)40)29-23-21-27(22-24-29)32-19-10-20-38-42(32)37-25-30-13-4-5-14-31(30)26-39(37)43-38/h1-26H/i6D,7D,8D,9D,15D,16D,17D,18D. The van der Waals surface area contributed by atoms with Gasteiger partial charge in [-0.05, 0) is 83.9 Å². The normalized spacial score (nSPS) is 14.3. The van der Waals surface area contributed by atoms with Crippen molar-refractivity contribution in [2.75, 3.05) is 0 Å². The van der Waals surface area contributed by atoms with E-state index in [1.54, 1.807) is 24.3 Å². The quantitative estimate of drug-likeness (QED) is 0.198. The highest BCUT2D eigenvalue weighted by atomic mass is 16.3. The number of rotatable bonds is 3. The second-order valence-electron chi connectivity index (χ2n) is 10.7. The highest BCUT2D eigenvalue weighted by Gasteiger charge is 2.17. The van der Waals surface area contributed by atoms with Crippen LogP contribution >= 0.6 is 0 Å². The van der Waals surface area contributed by atoms with Gasteiger partial charge in [0.1, 0.15) is 11.2 Å². The molecular weight excluding hydrogens is 520 g/mol. The zero-order valence-corrected chi connectivity index (χ0v) is 22.8.